The van der Waals surface area contributed by atoms with Gasteiger partial charge in [0.15, 0.2) is 15.6 Å². The zero-order valence-corrected chi connectivity index (χ0v) is 12.6. The molecular formula is C13H15NO3S2. The number of aromatic nitrogens is 1. The van der Waals surface area contributed by atoms with Crippen molar-refractivity contribution in [2.75, 3.05) is 6.26 Å². The molecule has 6 heteroatoms. The van der Waals surface area contributed by atoms with Crippen LogP contribution in [0.5, 0.6) is 0 Å². The molecule has 0 amide bonds. The van der Waals surface area contributed by atoms with E-state index in [1.165, 1.54) is 25.2 Å². The molecule has 0 fully saturated rings. The van der Waals surface area contributed by atoms with E-state index in [0.717, 1.165) is 16.5 Å². The molecule has 0 saturated heterocycles. The van der Waals surface area contributed by atoms with Gasteiger partial charge in [0.05, 0.1) is 16.6 Å². The van der Waals surface area contributed by atoms with Crippen LogP contribution in [0.1, 0.15) is 18.9 Å². The molecule has 0 bridgehead atoms. The van der Waals surface area contributed by atoms with Crippen LogP contribution >= 0.6 is 11.3 Å². The van der Waals surface area contributed by atoms with E-state index in [0.29, 0.717) is 5.01 Å². The minimum Gasteiger partial charge on any atom is -0.297 e. The first-order valence-corrected chi connectivity index (χ1v) is 8.50. The van der Waals surface area contributed by atoms with Crippen molar-refractivity contribution in [3.05, 3.63) is 29.3 Å². The van der Waals surface area contributed by atoms with Gasteiger partial charge in [-0.25, -0.2) is 13.4 Å². The SMILES string of the molecule is CC(C)(C(=O)Cc1nc2ccccc2s1)S(C)(=O)=O. The van der Waals surface area contributed by atoms with E-state index in [4.69, 9.17) is 0 Å². The Kier molecular flexibility index (Phi) is 3.49. The van der Waals surface area contributed by atoms with Crippen LogP contribution in [-0.2, 0) is 21.1 Å². The largest absolute Gasteiger partial charge is 0.297 e. The Morgan fingerprint density at radius 1 is 1.32 bits per heavy atom. The van der Waals surface area contributed by atoms with Gasteiger partial charge in [-0.2, -0.15) is 0 Å². The standard InChI is InChI=1S/C13H15NO3S2/c1-13(2,19(3,16)17)11(15)8-12-14-9-6-4-5-7-10(9)18-12/h4-7H,8H2,1-3H3. The maximum Gasteiger partial charge on any atom is 0.160 e. The van der Waals surface area contributed by atoms with Crippen LogP contribution in [0.2, 0.25) is 0 Å². The van der Waals surface area contributed by atoms with Crippen molar-refractivity contribution >= 4 is 37.2 Å². The number of sulfone groups is 1. The van der Waals surface area contributed by atoms with Gasteiger partial charge < -0.3 is 0 Å². The highest BCUT2D eigenvalue weighted by Crippen LogP contribution is 2.25. The predicted octanol–water partition coefficient (Wildman–Crippen LogP) is 2.23. The molecule has 2 rings (SSSR count). The highest BCUT2D eigenvalue weighted by molar-refractivity contribution is 7.92. The highest BCUT2D eigenvalue weighted by Gasteiger charge is 2.38. The summed E-state index contributed by atoms with van der Waals surface area (Å²) in [6.45, 7) is 2.88. The Balaban J connectivity index is 2.29. The summed E-state index contributed by atoms with van der Waals surface area (Å²) in [6.07, 6.45) is 1.14. The van der Waals surface area contributed by atoms with Gasteiger partial charge in [-0.1, -0.05) is 12.1 Å². The van der Waals surface area contributed by atoms with Crippen molar-refractivity contribution < 1.29 is 13.2 Å². The van der Waals surface area contributed by atoms with E-state index in [2.05, 4.69) is 4.98 Å². The van der Waals surface area contributed by atoms with E-state index in [1.807, 2.05) is 24.3 Å². The van der Waals surface area contributed by atoms with E-state index >= 15 is 0 Å². The average molecular weight is 297 g/mol. The third-order valence-corrected chi connectivity index (χ3v) is 6.37. The number of benzene rings is 1. The minimum absolute atomic E-state index is 0.0550. The number of thiazole rings is 1. The molecule has 19 heavy (non-hydrogen) atoms. The molecule has 1 aromatic carbocycles. The molecule has 0 aliphatic heterocycles. The molecule has 102 valence electrons. The highest BCUT2D eigenvalue weighted by atomic mass is 32.2. The molecule has 0 radical (unpaired) electrons. The summed E-state index contributed by atoms with van der Waals surface area (Å²) >= 11 is 1.43. The molecule has 0 atom stereocenters. The number of hydrogen-bond donors (Lipinski definition) is 0. The van der Waals surface area contributed by atoms with E-state index in [1.54, 1.807) is 0 Å². The Bertz CT molecular complexity index is 696. The second-order valence-corrected chi connectivity index (χ2v) is 8.64. The van der Waals surface area contributed by atoms with Crippen molar-refractivity contribution in [3.63, 3.8) is 0 Å². The summed E-state index contributed by atoms with van der Waals surface area (Å²) in [6, 6.07) is 7.60. The molecule has 0 unspecified atom stereocenters. The predicted molar refractivity (Wildman–Crippen MR) is 77.3 cm³/mol. The van der Waals surface area contributed by atoms with Gasteiger partial charge >= 0.3 is 0 Å². The molecule has 0 aliphatic carbocycles. The Morgan fingerprint density at radius 2 is 1.95 bits per heavy atom. The summed E-state index contributed by atoms with van der Waals surface area (Å²) in [5.74, 6) is -0.325. The van der Waals surface area contributed by atoms with Gasteiger partial charge in [-0.05, 0) is 26.0 Å². The number of carbonyl (C=O) groups excluding carboxylic acids is 1. The summed E-state index contributed by atoms with van der Waals surface area (Å²) in [5.41, 5.74) is 0.840. The molecular weight excluding hydrogens is 282 g/mol. The maximum absolute atomic E-state index is 12.1. The van der Waals surface area contributed by atoms with Crippen molar-refractivity contribution in [2.45, 2.75) is 25.0 Å². The fourth-order valence-electron chi connectivity index (χ4n) is 1.55. The molecule has 0 saturated carbocycles. The number of nitrogens with zero attached hydrogens (tertiary/aromatic N) is 1. The number of para-hydroxylation sites is 1. The van der Waals surface area contributed by atoms with E-state index < -0.39 is 14.6 Å². The average Bonchev–Trinajstić information content (AvgIpc) is 2.69. The third kappa shape index (κ3) is 2.69. The summed E-state index contributed by atoms with van der Waals surface area (Å²) in [4.78, 5) is 16.5. The Labute approximate surface area is 116 Å². The smallest absolute Gasteiger partial charge is 0.160 e. The second kappa shape index (κ2) is 4.68. The van der Waals surface area contributed by atoms with E-state index in [-0.39, 0.29) is 12.2 Å². The van der Waals surface area contributed by atoms with Crippen molar-refractivity contribution in [3.8, 4) is 0 Å². The zero-order chi connectivity index (χ0) is 14.3. The quantitative estimate of drug-likeness (QED) is 0.868. The van der Waals surface area contributed by atoms with Gasteiger partial charge in [0, 0.05) is 6.26 Å². The van der Waals surface area contributed by atoms with Crippen LogP contribution in [0.25, 0.3) is 10.2 Å². The number of fused-ring (bicyclic) bond motifs is 1. The fourth-order valence-corrected chi connectivity index (χ4v) is 3.00. The molecule has 0 N–H and O–H groups in total. The van der Waals surface area contributed by atoms with Crippen LogP contribution < -0.4 is 0 Å². The van der Waals surface area contributed by atoms with Gasteiger partial charge in [0.25, 0.3) is 0 Å². The van der Waals surface area contributed by atoms with Gasteiger partial charge in [0.1, 0.15) is 9.75 Å². The van der Waals surface area contributed by atoms with Crippen molar-refractivity contribution in [2.24, 2.45) is 0 Å². The van der Waals surface area contributed by atoms with E-state index in [9.17, 15) is 13.2 Å². The monoisotopic (exact) mass is 297 g/mol. The fraction of sp³-hybridized carbons (Fsp3) is 0.385. The number of rotatable bonds is 4. The van der Waals surface area contributed by atoms with Crippen LogP contribution in [0.4, 0.5) is 0 Å². The normalized spacial score (nSPS) is 12.8. The lowest BCUT2D eigenvalue weighted by Crippen LogP contribution is -2.40. The third-order valence-electron chi connectivity index (χ3n) is 3.25. The number of ketones is 1. The molecule has 0 spiro atoms. The van der Waals surface area contributed by atoms with Gasteiger partial charge in [0.2, 0.25) is 0 Å². The zero-order valence-electron chi connectivity index (χ0n) is 11.0. The molecule has 4 nitrogen and oxygen atoms in total. The second-order valence-electron chi connectivity index (χ2n) is 4.96. The lowest BCUT2D eigenvalue weighted by atomic mass is 10.1. The number of Topliss-reactive ketones (excluding diaryl/α,β-unsaturated/α-hetero) is 1. The Hall–Kier alpha value is -1.27. The van der Waals surface area contributed by atoms with Crippen LogP contribution in [0, 0.1) is 0 Å². The molecule has 0 aliphatic rings. The van der Waals surface area contributed by atoms with Crippen LogP contribution in [-0.4, -0.2) is 30.2 Å². The topological polar surface area (TPSA) is 64.1 Å². The van der Waals surface area contributed by atoms with Crippen LogP contribution in [0.3, 0.4) is 0 Å². The van der Waals surface area contributed by atoms with Crippen molar-refractivity contribution in [1.29, 1.82) is 0 Å². The maximum atomic E-state index is 12.1. The first kappa shape index (κ1) is 14.1. The summed E-state index contributed by atoms with van der Waals surface area (Å²) in [7, 11) is -3.42. The molecule has 2 aromatic rings. The molecule has 1 aromatic heterocycles. The van der Waals surface area contributed by atoms with Crippen LogP contribution in [0.15, 0.2) is 24.3 Å². The summed E-state index contributed by atoms with van der Waals surface area (Å²) in [5, 5.41) is 0.655. The first-order chi connectivity index (χ1) is 8.72. The van der Waals surface area contributed by atoms with Gasteiger partial charge in [-0.3, -0.25) is 4.79 Å². The summed E-state index contributed by atoms with van der Waals surface area (Å²) < 4.78 is 22.9. The van der Waals surface area contributed by atoms with Crippen molar-refractivity contribution in [1.82, 2.24) is 4.98 Å². The lowest BCUT2D eigenvalue weighted by molar-refractivity contribution is -0.120. The lowest BCUT2D eigenvalue weighted by Gasteiger charge is -2.19. The van der Waals surface area contributed by atoms with Gasteiger partial charge in [-0.15, -0.1) is 11.3 Å². The number of carbonyl (C=O) groups is 1. The minimum atomic E-state index is -3.42. The number of hydrogen-bond acceptors (Lipinski definition) is 5. The molecule has 1 heterocycles. The Morgan fingerprint density at radius 3 is 2.53 bits per heavy atom. The first-order valence-electron chi connectivity index (χ1n) is 5.79.